The van der Waals surface area contributed by atoms with Crippen LogP contribution >= 0.6 is 22.7 Å². The summed E-state index contributed by atoms with van der Waals surface area (Å²) in [7, 11) is 0. The molecule has 0 saturated heterocycles. The molecular formula is C14H10F3N5S2. The molecule has 5 nitrogen and oxygen atoms in total. The normalized spacial score (nSPS) is 18.1. The number of halogens is 3. The van der Waals surface area contributed by atoms with Crippen molar-refractivity contribution in [2.75, 3.05) is 5.32 Å². The van der Waals surface area contributed by atoms with Crippen LogP contribution in [0.25, 0.3) is 16.3 Å². The first-order valence-corrected chi connectivity index (χ1v) is 8.71. The van der Waals surface area contributed by atoms with Gasteiger partial charge in [0.1, 0.15) is 11.4 Å². The van der Waals surface area contributed by atoms with E-state index < -0.39 is 11.9 Å². The first-order valence-electron chi connectivity index (χ1n) is 6.95. The fourth-order valence-corrected chi connectivity index (χ4v) is 3.80. The van der Waals surface area contributed by atoms with Crippen LogP contribution in [0.3, 0.4) is 0 Å². The topological polar surface area (TPSA) is 54.6 Å². The monoisotopic (exact) mass is 369 g/mol. The number of hydrogen-bond acceptors (Lipinski definition) is 6. The van der Waals surface area contributed by atoms with Crippen LogP contribution in [0.5, 0.6) is 0 Å². The number of anilines is 1. The number of thiazole rings is 2. The molecule has 24 heavy (non-hydrogen) atoms. The van der Waals surface area contributed by atoms with Gasteiger partial charge in [0.2, 0.25) is 0 Å². The summed E-state index contributed by atoms with van der Waals surface area (Å²) in [5, 5.41) is 7.57. The standard InChI is InChI=1S/C14H10F3N5S2/c15-14(16,17)11-2-1-8(5-18-11)20-12-21-9(7-24-12)10-6-19-13-22(10)3-4-23-13/h2-8H,1H2,(H,20,21). The highest BCUT2D eigenvalue weighted by molar-refractivity contribution is 7.15. The fourth-order valence-electron chi connectivity index (χ4n) is 2.34. The van der Waals surface area contributed by atoms with E-state index in [2.05, 4.69) is 20.3 Å². The Labute approximate surface area is 142 Å². The molecule has 1 unspecified atom stereocenters. The summed E-state index contributed by atoms with van der Waals surface area (Å²) in [6.07, 6.45) is 1.87. The van der Waals surface area contributed by atoms with Gasteiger partial charge in [-0.05, 0) is 6.42 Å². The third-order valence-corrected chi connectivity index (χ3v) is 5.02. The molecule has 0 radical (unpaired) electrons. The van der Waals surface area contributed by atoms with Gasteiger partial charge in [-0.2, -0.15) is 13.2 Å². The van der Waals surface area contributed by atoms with Crippen molar-refractivity contribution in [1.82, 2.24) is 14.4 Å². The number of allylic oxidation sites excluding steroid dienone is 1. The third-order valence-electron chi connectivity index (χ3n) is 3.47. The minimum Gasteiger partial charge on any atom is -0.353 e. The molecule has 1 atom stereocenters. The van der Waals surface area contributed by atoms with Gasteiger partial charge in [-0.25, -0.2) is 9.97 Å². The number of nitrogens with one attached hydrogen (secondary N) is 1. The second-order valence-electron chi connectivity index (χ2n) is 5.09. The van der Waals surface area contributed by atoms with Crippen LogP contribution in [0.4, 0.5) is 18.3 Å². The van der Waals surface area contributed by atoms with E-state index in [1.54, 1.807) is 6.20 Å². The summed E-state index contributed by atoms with van der Waals surface area (Å²) >= 11 is 2.93. The van der Waals surface area contributed by atoms with Gasteiger partial charge in [0.25, 0.3) is 0 Å². The molecule has 4 rings (SSSR count). The Morgan fingerprint density at radius 3 is 2.92 bits per heavy atom. The van der Waals surface area contributed by atoms with E-state index in [4.69, 9.17) is 0 Å². The van der Waals surface area contributed by atoms with Crippen molar-refractivity contribution in [1.29, 1.82) is 0 Å². The molecule has 0 saturated carbocycles. The quantitative estimate of drug-likeness (QED) is 0.752. The van der Waals surface area contributed by atoms with Gasteiger partial charge < -0.3 is 5.32 Å². The molecule has 124 valence electrons. The largest absolute Gasteiger partial charge is 0.432 e. The summed E-state index contributed by atoms with van der Waals surface area (Å²) < 4.78 is 39.6. The molecule has 0 spiro atoms. The first kappa shape index (κ1) is 15.3. The number of nitrogens with zero attached hydrogens (tertiary/aromatic N) is 4. The van der Waals surface area contributed by atoms with Crippen LogP contribution in [0.15, 0.2) is 39.9 Å². The molecule has 0 aromatic carbocycles. The lowest BCUT2D eigenvalue weighted by atomic mass is 10.1. The number of rotatable bonds is 3. The Kier molecular flexibility index (Phi) is 3.65. The lowest BCUT2D eigenvalue weighted by Crippen LogP contribution is -2.25. The minimum atomic E-state index is -4.40. The summed E-state index contributed by atoms with van der Waals surface area (Å²) in [6.45, 7) is 0. The molecule has 0 aliphatic carbocycles. The molecule has 3 aromatic rings. The summed E-state index contributed by atoms with van der Waals surface area (Å²) in [6, 6.07) is -0.304. The minimum absolute atomic E-state index is 0.217. The first-order chi connectivity index (χ1) is 11.5. The van der Waals surface area contributed by atoms with E-state index in [1.165, 1.54) is 28.9 Å². The maximum atomic E-state index is 12.5. The Hall–Kier alpha value is -2.20. The molecule has 0 amide bonds. The van der Waals surface area contributed by atoms with Gasteiger partial charge in [-0.3, -0.25) is 9.39 Å². The predicted octanol–water partition coefficient (Wildman–Crippen LogP) is 4.22. The van der Waals surface area contributed by atoms with E-state index in [-0.39, 0.29) is 12.5 Å². The Bertz CT molecular complexity index is 934. The highest BCUT2D eigenvalue weighted by atomic mass is 32.1. The fraction of sp³-hybridized carbons (Fsp3) is 0.214. The molecule has 1 N–H and O–H groups in total. The van der Waals surface area contributed by atoms with Crippen LogP contribution in [0, 0.1) is 0 Å². The van der Waals surface area contributed by atoms with E-state index in [0.29, 0.717) is 5.13 Å². The van der Waals surface area contributed by atoms with Crippen LogP contribution in [0.2, 0.25) is 0 Å². The molecule has 3 aromatic heterocycles. The van der Waals surface area contributed by atoms with E-state index in [0.717, 1.165) is 22.4 Å². The smallest absolute Gasteiger partial charge is 0.353 e. The van der Waals surface area contributed by atoms with Gasteiger partial charge in [0.15, 0.2) is 10.1 Å². The Balaban J connectivity index is 1.48. The third kappa shape index (κ3) is 2.82. The van der Waals surface area contributed by atoms with Crippen molar-refractivity contribution < 1.29 is 13.2 Å². The number of fused-ring (bicyclic) bond motifs is 1. The molecule has 0 bridgehead atoms. The SMILES string of the molecule is FC(F)(F)C1=CCC(Nc2nc(-c3cnc4sccn34)cs2)C=N1. The maximum Gasteiger partial charge on any atom is 0.432 e. The van der Waals surface area contributed by atoms with Gasteiger partial charge in [0.05, 0.1) is 17.9 Å². The lowest BCUT2D eigenvalue weighted by Gasteiger charge is -2.17. The average Bonchev–Trinajstić information content (AvgIpc) is 3.22. The number of aliphatic imine (C=N–C) groups is 1. The van der Waals surface area contributed by atoms with Crippen molar-refractivity contribution in [3.8, 4) is 11.4 Å². The van der Waals surface area contributed by atoms with Gasteiger partial charge in [-0.15, -0.1) is 22.7 Å². The Morgan fingerprint density at radius 1 is 1.29 bits per heavy atom. The zero-order valence-corrected chi connectivity index (χ0v) is 13.6. The van der Waals surface area contributed by atoms with Crippen molar-refractivity contribution in [3.63, 3.8) is 0 Å². The number of hydrogen-bond donors (Lipinski definition) is 1. The van der Waals surface area contributed by atoms with Gasteiger partial charge in [-0.1, -0.05) is 6.08 Å². The molecule has 1 aliphatic rings. The molecule has 10 heteroatoms. The molecule has 0 fully saturated rings. The van der Waals surface area contributed by atoms with Crippen molar-refractivity contribution in [2.24, 2.45) is 4.99 Å². The second kappa shape index (κ2) is 5.71. The lowest BCUT2D eigenvalue weighted by molar-refractivity contribution is -0.0927. The van der Waals surface area contributed by atoms with E-state index in [9.17, 15) is 13.2 Å². The van der Waals surface area contributed by atoms with Crippen molar-refractivity contribution in [2.45, 2.75) is 18.6 Å². The number of alkyl halides is 3. The predicted molar refractivity (Wildman–Crippen MR) is 88.8 cm³/mol. The highest BCUT2D eigenvalue weighted by Crippen LogP contribution is 2.30. The van der Waals surface area contributed by atoms with Crippen molar-refractivity contribution >= 4 is 39.0 Å². The van der Waals surface area contributed by atoms with Crippen molar-refractivity contribution in [3.05, 3.63) is 34.9 Å². The molecular weight excluding hydrogens is 359 g/mol. The van der Waals surface area contributed by atoms with Crippen LogP contribution in [-0.2, 0) is 0 Å². The summed E-state index contributed by atoms with van der Waals surface area (Å²) in [4.78, 5) is 13.2. The summed E-state index contributed by atoms with van der Waals surface area (Å²) in [5.41, 5.74) is 0.805. The van der Waals surface area contributed by atoms with E-state index >= 15 is 0 Å². The number of aromatic nitrogens is 3. The highest BCUT2D eigenvalue weighted by Gasteiger charge is 2.34. The average molecular weight is 369 g/mol. The second-order valence-corrected chi connectivity index (χ2v) is 6.82. The zero-order valence-electron chi connectivity index (χ0n) is 12.0. The van der Waals surface area contributed by atoms with Crippen LogP contribution < -0.4 is 5.32 Å². The van der Waals surface area contributed by atoms with Gasteiger partial charge >= 0.3 is 6.18 Å². The maximum absolute atomic E-state index is 12.5. The van der Waals surface area contributed by atoms with Crippen LogP contribution in [0.1, 0.15) is 6.42 Å². The number of imidazole rings is 1. The Morgan fingerprint density at radius 2 is 2.17 bits per heavy atom. The zero-order chi connectivity index (χ0) is 16.7. The molecule has 1 aliphatic heterocycles. The molecule has 4 heterocycles. The summed E-state index contributed by atoms with van der Waals surface area (Å²) in [5.74, 6) is 0. The van der Waals surface area contributed by atoms with Crippen LogP contribution in [-0.4, -0.2) is 32.8 Å². The van der Waals surface area contributed by atoms with Gasteiger partial charge in [0, 0.05) is 23.2 Å². The van der Waals surface area contributed by atoms with E-state index in [1.807, 2.05) is 21.4 Å².